The fourth-order valence-electron chi connectivity index (χ4n) is 4.38. The predicted octanol–water partition coefficient (Wildman–Crippen LogP) is 9.06. The molecule has 5 nitrogen and oxygen atoms in total. The van der Waals surface area contributed by atoms with Crippen LogP contribution in [-0.4, -0.2) is 27.6 Å². The summed E-state index contributed by atoms with van der Waals surface area (Å²) in [4.78, 5) is 19.3. The van der Waals surface area contributed by atoms with Crippen molar-refractivity contribution in [2.45, 2.75) is 128 Å². The van der Waals surface area contributed by atoms with Gasteiger partial charge in [0.05, 0.1) is 11.4 Å². The number of nitrogens with one attached hydrogen (secondary N) is 1. The van der Waals surface area contributed by atoms with Gasteiger partial charge in [-0.1, -0.05) is 122 Å². The molecule has 0 saturated heterocycles. The first-order valence-electron chi connectivity index (χ1n) is 14.3. The van der Waals surface area contributed by atoms with Gasteiger partial charge < -0.3 is 10.4 Å². The Morgan fingerprint density at radius 3 is 1.34 bits per heavy atom. The number of aromatic nitrogens is 2. The van der Waals surface area contributed by atoms with E-state index in [1.165, 1.54) is 103 Å². The molecule has 1 heterocycles. The minimum absolute atomic E-state index is 0.333. The van der Waals surface area contributed by atoms with E-state index in [1.54, 1.807) is 12.2 Å². The summed E-state index contributed by atoms with van der Waals surface area (Å²) in [5.74, 6) is 0.00523. The summed E-state index contributed by atoms with van der Waals surface area (Å²) < 4.78 is 0. The molecule has 0 aliphatic carbocycles. The van der Waals surface area contributed by atoms with Crippen molar-refractivity contribution >= 4 is 24.1 Å². The molecule has 0 spiro atoms. The lowest BCUT2D eigenvalue weighted by molar-refractivity contribution is -0.137. The molecular weight excluding hydrogens is 434 g/mol. The first-order chi connectivity index (χ1) is 17.2. The molecule has 0 amide bonds. The zero-order valence-corrected chi connectivity index (χ0v) is 22.2. The van der Waals surface area contributed by atoms with Crippen LogP contribution in [0.15, 0.2) is 19.2 Å². The van der Waals surface area contributed by atoms with Crippen molar-refractivity contribution in [2.75, 3.05) is 11.9 Å². The van der Waals surface area contributed by atoms with E-state index in [4.69, 9.17) is 5.11 Å². The number of nitrogens with zero attached hydrogens (tertiary/aromatic N) is 2. The second kappa shape index (κ2) is 22.3. The average molecular weight is 486 g/mol. The molecule has 0 unspecified atom stereocenters. The van der Waals surface area contributed by atoms with Crippen LogP contribution in [0, 0.1) is 0 Å². The maximum atomic E-state index is 10.5. The standard InChI is InChI=1S/C30H51N3O2/c1-3-27-26-28(4-2)33-30(32-27)31-25-23-21-19-17-15-13-11-9-7-5-6-8-10-12-14-16-18-20-22-24-29(34)35/h3-4,26H,1-2,5-25H2,(H,34,35)(H,31,32,33). The fourth-order valence-corrected chi connectivity index (χ4v) is 4.38. The predicted molar refractivity (Wildman–Crippen MR) is 151 cm³/mol. The van der Waals surface area contributed by atoms with E-state index in [2.05, 4.69) is 28.4 Å². The number of hydrogen-bond donors (Lipinski definition) is 2. The Morgan fingerprint density at radius 1 is 0.657 bits per heavy atom. The molecule has 1 aromatic rings. The first kappa shape index (κ1) is 30.9. The molecule has 0 bridgehead atoms. The third kappa shape index (κ3) is 18.8. The highest BCUT2D eigenvalue weighted by molar-refractivity contribution is 5.66. The Morgan fingerprint density at radius 2 is 1.00 bits per heavy atom. The Kier molecular flexibility index (Phi) is 19.7. The molecule has 0 saturated carbocycles. The Hall–Kier alpha value is -2.17. The van der Waals surface area contributed by atoms with Gasteiger partial charge in [-0.2, -0.15) is 0 Å². The number of aliphatic carboxylic acids is 1. The number of carbonyl (C=O) groups is 1. The molecule has 2 N–H and O–H groups in total. The van der Waals surface area contributed by atoms with E-state index in [-0.39, 0.29) is 0 Å². The smallest absolute Gasteiger partial charge is 0.303 e. The van der Waals surface area contributed by atoms with Crippen molar-refractivity contribution in [3.8, 4) is 0 Å². The Labute approximate surface area is 214 Å². The summed E-state index contributed by atoms with van der Waals surface area (Å²) in [6, 6.07) is 1.88. The number of carboxylic acids is 1. The molecule has 0 radical (unpaired) electrons. The number of hydrogen-bond acceptors (Lipinski definition) is 4. The molecule has 0 fully saturated rings. The van der Waals surface area contributed by atoms with Crippen LogP contribution in [0.4, 0.5) is 5.95 Å². The molecule has 0 atom stereocenters. The maximum Gasteiger partial charge on any atom is 0.303 e. The van der Waals surface area contributed by atoms with Gasteiger partial charge in [-0.15, -0.1) is 0 Å². The molecule has 0 aliphatic rings. The van der Waals surface area contributed by atoms with Crippen LogP contribution >= 0.6 is 0 Å². The summed E-state index contributed by atoms with van der Waals surface area (Å²) in [5.41, 5.74) is 1.65. The summed E-state index contributed by atoms with van der Waals surface area (Å²) in [7, 11) is 0. The molecule has 5 heteroatoms. The summed E-state index contributed by atoms with van der Waals surface area (Å²) in [5, 5.41) is 11.9. The van der Waals surface area contributed by atoms with E-state index in [0.717, 1.165) is 37.2 Å². The van der Waals surface area contributed by atoms with Gasteiger partial charge >= 0.3 is 5.97 Å². The molecule has 1 rings (SSSR count). The first-order valence-corrected chi connectivity index (χ1v) is 14.3. The SMILES string of the molecule is C=Cc1cc(C=C)nc(NCCCCCCCCCCCCCCCCCCCCCC(=O)O)n1. The molecular formula is C30H51N3O2. The highest BCUT2D eigenvalue weighted by atomic mass is 16.4. The van der Waals surface area contributed by atoms with Gasteiger partial charge in [0.1, 0.15) is 0 Å². The number of anilines is 1. The van der Waals surface area contributed by atoms with Crippen molar-refractivity contribution in [1.29, 1.82) is 0 Å². The van der Waals surface area contributed by atoms with Crippen LogP contribution in [0.1, 0.15) is 140 Å². The fraction of sp³-hybridized carbons (Fsp3) is 0.700. The lowest BCUT2D eigenvalue weighted by Gasteiger charge is -2.07. The monoisotopic (exact) mass is 485 g/mol. The number of unbranched alkanes of at least 4 members (excludes halogenated alkanes) is 18. The van der Waals surface area contributed by atoms with E-state index >= 15 is 0 Å². The van der Waals surface area contributed by atoms with Crippen LogP contribution in [0.2, 0.25) is 0 Å². The van der Waals surface area contributed by atoms with Crippen molar-refractivity contribution < 1.29 is 9.90 Å². The summed E-state index contributed by atoms with van der Waals surface area (Å²) >= 11 is 0. The minimum atomic E-state index is -0.661. The largest absolute Gasteiger partial charge is 0.481 e. The number of rotatable bonds is 25. The van der Waals surface area contributed by atoms with E-state index in [1.807, 2.05) is 6.07 Å². The van der Waals surface area contributed by atoms with Crippen LogP contribution in [0.5, 0.6) is 0 Å². The van der Waals surface area contributed by atoms with Crippen molar-refractivity contribution in [2.24, 2.45) is 0 Å². The maximum absolute atomic E-state index is 10.5. The normalized spacial score (nSPS) is 10.9. The summed E-state index contributed by atoms with van der Waals surface area (Å²) in [6.07, 6.45) is 28.4. The summed E-state index contributed by atoms with van der Waals surface area (Å²) in [6.45, 7) is 8.46. The zero-order valence-electron chi connectivity index (χ0n) is 22.2. The van der Waals surface area contributed by atoms with Crippen molar-refractivity contribution in [3.63, 3.8) is 0 Å². The van der Waals surface area contributed by atoms with Crippen LogP contribution < -0.4 is 5.32 Å². The third-order valence-electron chi connectivity index (χ3n) is 6.53. The van der Waals surface area contributed by atoms with Gasteiger partial charge in [-0.05, 0) is 31.1 Å². The second-order valence-electron chi connectivity index (χ2n) is 9.74. The average Bonchev–Trinajstić information content (AvgIpc) is 2.86. The van der Waals surface area contributed by atoms with Gasteiger partial charge in [-0.3, -0.25) is 4.79 Å². The van der Waals surface area contributed by atoms with Crippen molar-refractivity contribution in [3.05, 3.63) is 30.6 Å². The molecule has 0 aliphatic heterocycles. The minimum Gasteiger partial charge on any atom is -0.481 e. The van der Waals surface area contributed by atoms with Gasteiger partial charge in [0, 0.05) is 13.0 Å². The van der Waals surface area contributed by atoms with Gasteiger partial charge in [0.2, 0.25) is 5.95 Å². The van der Waals surface area contributed by atoms with Gasteiger partial charge in [0.25, 0.3) is 0 Å². The quantitative estimate of drug-likeness (QED) is 0.135. The van der Waals surface area contributed by atoms with E-state index in [0.29, 0.717) is 12.4 Å². The molecule has 35 heavy (non-hydrogen) atoms. The third-order valence-corrected chi connectivity index (χ3v) is 6.53. The molecule has 1 aromatic heterocycles. The van der Waals surface area contributed by atoms with Crippen LogP contribution in [-0.2, 0) is 4.79 Å². The topological polar surface area (TPSA) is 75.1 Å². The highest BCUT2D eigenvalue weighted by Gasteiger charge is 2.01. The van der Waals surface area contributed by atoms with E-state index in [9.17, 15) is 4.79 Å². The van der Waals surface area contributed by atoms with Gasteiger partial charge in [0.15, 0.2) is 0 Å². The second-order valence-corrected chi connectivity index (χ2v) is 9.74. The molecule has 198 valence electrons. The number of carboxylic acid groups (broad SMARTS) is 1. The Balaban J connectivity index is 1.78. The lowest BCUT2D eigenvalue weighted by atomic mass is 10.0. The molecule has 0 aromatic carbocycles. The Bertz CT molecular complexity index is 664. The lowest BCUT2D eigenvalue weighted by Crippen LogP contribution is -2.06. The zero-order chi connectivity index (χ0) is 25.4. The van der Waals surface area contributed by atoms with Crippen molar-refractivity contribution in [1.82, 2.24) is 9.97 Å². The van der Waals surface area contributed by atoms with Crippen LogP contribution in [0.25, 0.3) is 12.2 Å². The van der Waals surface area contributed by atoms with Crippen LogP contribution in [0.3, 0.4) is 0 Å². The van der Waals surface area contributed by atoms with E-state index < -0.39 is 5.97 Å². The highest BCUT2D eigenvalue weighted by Crippen LogP contribution is 2.15. The van der Waals surface area contributed by atoms with Gasteiger partial charge in [-0.25, -0.2) is 9.97 Å².